The van der Waals surface area contributed by atoms with Crippen molar-refractivity contribution in [2.24, 2.45) is 0 Å². The summed E-state index contributed by atoms with van der Waals surface area (Å²) in [6.07, 6.45) is 0.764. The van der Waals surface area contributed by atoms with Crippen LogP contribution in [0.2, 0.25) is 4.34 Å². The smallest absolute Gasteiger partial charge is 0.264 e. The van der Waals surface area contributed by atoms with E-state index < -0.39 is 0 Å². The Hall–Kier alpha value is -1.66. The van der Waals surface area contributed by atoms with Gasteiger partial charge in [0.1, 0.15) is 11.9 Å². The van der Waals surface area contributed by atoms with Crippen LogP contribution in [0.4, 0.5) is 0 Å². The van der Waals surface area contributed by atoms with E-state index in [1.54, 1.807) is 17.0 Å². The molecular weight excluding hydrogens is 322 g/mol. The molecule has 0 bridgehead atoms. The predicted octanol–water partition coefficient (Wildman–Crippen LogP) is 3.10. The summed E-state index contributed by atoms with van der Waals surface area (Å²) >= 11 is 7.19. The molecule has 0 unspecified atom stereocenters. The molecule has 22 heavy (non-hydrogen) atoms. The van der Waals surface area contributed by atoms with Gasteiger partial charge in [-0.2, -0.15) is 4.98 Å². The summed E-state index contributed by atoms with van der Waals surface area (Å²) in [7, 11) is 0. The Bertz CT molecular complexity index is 684. The predicted molar refractivity (Wildman–Crippen MR) is 85.8 cm³/mol. The van der Waals surface area contributed by atoms with Crippen LogP contribution in [0.25, 0.3) is 0 Å². The molecule has 3 rings (SSSR count). The maximum absolute atomic E-state index is 12.4. The zero-order valence-electron chi connectivity index (χ0n) is 12.4. The minimum absolute atomic E-state index is 0.0121. The zero-order valence-corrected chi connectivity index (χ0v) is 13.9. The van der Waals surface area contributed by atoms with E-state index in [4.69, 9.17) is 16.3 Å². The van der Waals surface area contributed by atoms with Crippen LogP contribution in [0.1, 0.15) is 27.6 Å². The molecule has 3 heterocycles. The average Bonchev–Trinajstić information content (AvgIpc) is 3.06. The Balaban J connectivity index is 1.63. The molecule has 1 aliphatic rings. The van der Waals surface area contributed by atoms with E-state index in [0.717, 1.165) is 12.1 Å². The monoisotopic (exact) mass is 337 g/mol. The average molecular weight is 338 g/mol. The van der Waals surface area contributed by atoms with Crippen molar-refractivity contribution in [1.82, 2.24) is 14.9 Å². The molecule has 0 N–H and O–H groups in total. The molecule has 1 saturated heterocycles. The fourth-order valence-corrected chi connectivity index (χ4v) is 3.52. The first-order valence-corrected chi connectivity index (χ1v) is 8.24. The molecule has 2 aromatic heterocycles. The van der Waals surface area contributed by atoms with Crippen LogP contribution < -0.4 is 4.74 Å². The number of carbonyl (C=O) groups excluding carboxylic acids is 1. The van der Waals surface area contributed by atoms with Crippen LogP contribution >= 0.6 is 22.9 Å². The number of aromatic nitrogens is 2. The zero-order chi connectivity index (χ0) is 15.7. The third-order valence-electron chi connectivity index (χ3n) is 3.45. The second-order valence-corrected chi connectivity index (χ2v) is 6.99. The second-order valence-electron chi connectivity index (χ2n) is 5.28. The van der Waals surface area contributed by atoms with Crippen molar-refractivity contribution in [1.29, 1.82) is 0 Å². The first kappa shape index (κ1) is 15.2. The quantitative estimate of drug-likeness (QED) is 0.863. The van der Waals surface area contributed by atoms with Gasteiger partial charge in [-0.25, -0.2) is 4.98 Å². The van der Waals surface area contributed by atoms with Crippen LogP contribution in [-0.4, -0.2) is 40.0 Å². The van der Waals surface area contributed by atoms with Gasteiger partial charge in [-0.3, -0.25) is 4.79 Å². The molecular formula is C15H16ClN3O2S. The lowest BCUT2D eigenvalue weighted by molar-refractivity contribution is 0.0776. The number of nitrogens with zero attached hydrogens (tertiary/aromatic N) is 3. The van der Waals surface area contributed by atoms with Gasteiger partial charge < -0.3 is 9.64 Å². The fourth-order valence-electron chi connectivity index (χ4n) is 2.51. The molecule has 5 nitrogen and oxygen atoms in total. The number of rotatable bonds is 3. The van der Waals surface area contributed by atoms with E-state index in [2.05, 4.69) is 9.97 Å². The maximum atomic E-state index is 12.4. The lowest BCUT2D eigenvalue weighted by Gasteiger charge is -2.16. The summed E-state index contributed by atoms with van der Waals surface area (Å²) in [5, 5.41) is 0. The van der Waals surface area contributed by atoms with Crippen molar-refractivity contribution in [3.63, 3.8) is 0 Å². The molecule has 2 aromatic rings. The summed E-state index contributed by atoms with van der Waals surface area (Å²) in [6, 6.07) is 5.33. The van der Waals surface area contributed by atoms with Crippen molar-refractivity contribution in [2.75, 3.05) is 13.1 Å². The summed E-state index contributed by atoms with van der Waals surface area (Å²) in [5.74, 6) is 1.27. The van der Waals surface area contributed by atoms with Crippen molar-refractivity contribution in [3.8, 4) is 5.88 Å². The number of hydrogen-bond donors (Lipinski definition) is 0. The van der Waals surface area contributed by atoms with Gasteiger partial charge in [-0.05, 0) is 26.0 Å². The normalized spacial score (nSPS) is 17.8. The fraction of sp³-hybridized carbons (Fsp3) is 0.400. The lowest BCUT2D eigenvalue weighted by atomic mass is 10.3. The van der Waals surface area contributed by atoms with E-state index in [-0.39, 0.29) is 12.0 Å². The topological polar surface area (TPSA) is 55.3 Å². The van der Waals surface area contributed by atoms with E-state index in [9.17, 15) is 4.79 Å². The highest BCUT2D eigenvalue weighted by atomic mass is 35.5. The highest BCUT2D eigenvalue weighted by Crippen LogP contribution is 2.25. The highest BCUT2D eigenvalue weighted by molar-refractivity contribution is 7.17. The van der Waals surface area contributed by atoms with E-state index in [1.165, 1.54) is 11.3 Å². The number of thiophene rings is 1. The molecule has 1 aliphatic heterocycles. The van der Waals surface area contributed by atoms with Gasteiger partial charge in [-0.15, -0.1) is 11.3 Å². The number of amides is 1. The van der Waals surface area contributed by atoms with Crippen molar-refractivity contribution in [2.45, 2.75) is 26.4 Å². The number of ether oxygens (including phenoxy) is 1. The Labute approximate surface area is 137 Å². The Kier molecular flexibility index (Phi) is 4.31. The molecule has 0 aliphatic carbocycles. The Morgan fingerprint density at radius 1 is 1.41 bits per heavy atom. The van der Waals surface area contributed by atoms with Crippen LogP contribution in [0.3, 0.4) is 0 Å². The number of hydrogen-bond acceptors (Lipinski definition) is 5. The largest absolute Gasteiger partial charge is 0.472 e. The third-order valence-corrected chi connectivity index (χ3v) is 4.67. The number of aryl methyl sites for hydroxylation is 2. The summed E-state index contributed by atoms with van der Waals surface area (Å²) in [4.78, 5) is 23.3. The second kappa shape index (κ2) is 6.22. The van der Waals surface area contributed by atoms with E-state index in [1.807, 2.05) is 19.9 Å². The van der Waals surface area contributed by atoms with Crippen LogP contribution in [0.5, 0.6) is 5.88 Å². The van der Waals surface area contributed by atoms with Crippen LogP contribution in [0, 0.1) is 13.8 Å². The standard InChI is InChI=1S/C15H16ClN3O2S/c1-9-7-14(18-10(2)17-9)21-11-5-6-19(8-11)15(20)12-3-4-13(16)22-12/h3-4,7,11H,5-6,8H2,1-2H3/t11-/m1/s1. The molecule has 0 spiro atoms. The van der Waals surface area contributed by atoms with E-state index in [0.29, 0.717) is 34.0 Å². The Morgan fingerprint density at radius 2 is 2.23 bits per heavy atom. The summed E-state index contributed by atoms with van der Waals surface area (Å²) in [5.41, 5.74) is 0.877. The minimum Gasteiger partial charge on any atom is -0.472 e. The van der Waals surface area contributed by atoms with Gasteiger partial charge in [0.05, 0.1) is 15.8 Å². The molecule has 1 fully saturated rings. The van der Waals surface area contributed by atoms with Gasteiger partial charge >= 0.3 is 0 Å². The molecule has 1 amide bonds. The van der Waals surface area contributed by atoms with E-state index >= 15 is 0 Å². The maximum Gasteiger partial charge on any atom is 0.264 e. The molecule has 116 valence electrons. The molecule has 1 atom stereocenters. The van der Waals surface area contributed by atoms with Crippen LogP contribution in [-0.2, 0) is 0 Å². The van der Waals surface area contributed by atoms with Gasteiger partial charge in [0, 0.05) is 24.7 Å². The molecule has 0 saturated carbocycles. The SMILES string of the molecule is Cc1cc(O[C@@H]2CCN(C(=O)c3ccc(Cl)s3)C2)nc(C)n1. The van der Waals surface area contributed by atoms with Crippen molar-refractivity contribution >= 4 is 28.8 Å². The molecule has 0 radical (unpaired) electrons. The lowest BCUT2D eigenvalue weighted by Crippen LogP contribution is -2.30. The summed E-state index contributed by atoms with van der Waals surface area (Å²) in [6.45, 7) is 5.00. The van der Waals surface area contributed by atoms with Gasteiger partial charge in [0.25, 0.3) is 5.91 Å². The van der Waals surface area contributed by atoms with Gasteiger partial charge in [-0.1, -0.05) is 11.6 Å². The number of likely N-dealkylation sites (tertiary alicyclic amines) is 1. The van der Waals surface area contributed by atoms with Crippen LogP contribution in [0.15, 0.2) is 18.2 Å². The summed E-state index contributed by atoms with van der Waals surface area (Å²) < 4.78 is 6.52. The van der Waals surface area contributed by atoms with Crippen molar-refractivity contribution in [3.05, 3.63) is 38.9 Å². The van der Waals surface area contributed by atoms with Gasteiger partial charge in [0.15, 0.2) is 0 Å². The number of halogens is 1. The highest BCUT2D eigenvalue weighted by Gasteiger charge is 2.29. The van der Waals surface area contributed by atoms with Crippen molar-refractivity contribution < 1.29 is 9.53 Å². The first-order valence-electron chi connectivity index (χ1n) is 7.05. The minimum atomic E-state index is -0.0342. The van der Waals surface area contributed by atoms with Gasteiger partial charge in [0.2, 0.25) is 5.88 Å². The number of carbonyl (C=O) groups is 1. The third kappa shape index (κ3) is 3.39. The Morgan fingerprint density at radius 3 is 2.91 bits per heavy atom. The molecule has 0 aromatic carbocycles. The first-order chi connectivity index (χ1) is 10.5. The molecule has 7 heteroatoms.